The van der Waals surface area contributed by atoms with Crippen LogP contribution < -0.4 is 4.74 Å². The van der Waals surface area contributed by atoms with Gasteiger partial charge in [0.05, 0.1) is 40.5 Å². The third-order valence-corrected chi connectivity index (χ3v) is 6.45. The molecule has 6 N–H and O–H groups in total. The van der Waals surface area contributed by atoms with Crippen molar-refractivity contribution in [1.82, 2.24) is 0 Å². The van der Waals surface area contributed by atoms with Gasteiger partial charge in [0.2, 0.25) is 11.6 Å². The van der Waals surface area contributed by atoms with E-state index in [2.05, 4.69) is 0 Å². The number of phenolic OH excluding ortho intramolecular Hbond substituents is 6. The highest BCUT2D eigenvalue weighted by atomic mass is 16.5. The molecule has 0 fully saturated rings. The van der Waals surface area contributed by atoms with Crippen LogP contribution >= 0.6 is 0 Å². The average molecular weight is 545 g/mol. The van der Waals surface area contributed by atoms with Crippen LogP contribution in [0.4, 0.5) is 0 Å². The highest BCUT2D eigenvalue weighted by Gasteiger charge is 2.39. The van der Waals surface area contributed by atoms with E-state index >= 15 is 0 Å². The minimum atomic E-state index is -0.825. The lowest BCUT2D eigenvalue weighted by Crippen LogP contribution is -2.22. The SMILES string of the molecule is COc1ccc(C(=O)c2ccccc2O)c(O)c1.Cc1cc(O)c2c(c1O)C(=O)c1c(O)cc(C)c(O)c1C2=O. The van der Waals surface area contributed by atoms with Crippen molar-refractivity contribution in [2.75, 3.05) is 7.11 Å². The summed E-state index contributed by atoms with van der Waals surface area (Å²) < 4.78 is 4.94. The van der Waals surface area contributed by atoms with Crippen molar-refractivity contribution in [3.8, 4) is 40.2 Å². The minimum Gasteiger partial charge on any atom is -0.507 e. The summed E-state index contributed by atoms with van der Waals surface area (Å²) in [6, 6.07) is 12.9. The van der Waals surface area contributed by atoms with Gasteiger partial charge in [0, 0.05) is 6.07 Å². The van der Waals surface area contributed by atoms with E-state index in [0.29, 0.717) is 5.75 Å². The van der Waals surface area contributed by atoms with Crippen molar-refractivity contribution >= 4 is 17.3 Å². The molecular weight excluding hydrogens is 520 g/mol. The molecule has 1 aliphatic rings. The predicted molar refractivity (Wildman–Crippen MR) is 142 cm³/mol. The lowest BCUT2D eigenvalue weighted by molar-refractivity contribution is 0.0969. The monoisotopic (exact) mass is 544 g/mol. The number of aryl methyl sites for hydroxylation is 2. The molecule has 4 aromatic rings. The molecule has 1 aliphatic carbocycles. The van der Waals surface area contributed by atoms with Crippen molar-refractivity contribution in [2.45, 2.75) is 13.8 Å². The molecule has 0 saturated carbocycles. The highest BCUT2D eigenvalue weighted by Crippen LogP contribution is 2.45. The Hall–Kier alpha value is -5.51. The van der Waals surface area contributed by atoms with Gasteiger partial charge in [-0.15, -0.1) is 0 Å². The van der Waals surface area contributed by atoms with Gasteiger partial charge < -0.3 is 35.4 Å². The van der Waals surface area contributed by atoms with Crippen LogP contribution in [0.25, 0.3) is 0 Å². The second-order valence-electron chi connectivity index (χ2n) is 9.01. The summed E-state index contributed by atoms with van der Waals surface area (Å²) >= 11 is 0. The molecule has 0 radical (unpaired) electrons. The van der Waals surface area contributed by atoms with Gasteiger partial charge in [0.1, 0.15) is 40.2 Å². The van der Waals surface area contributed by atoms with Gasteiger partial charge in [0.15, 0.2) is 5.78 Å². The van der Waals surface area contributed by atoms with E-state index in [0.717, 1.165) is 12.1 Å². The molecule has 0 aromatic heterocycles. The van der Waals surface area contributed by atoms with Gasteiger partial charge in [0.25, 0.3) is 0 Å². The fraction of sp³-hybridized carbons (Fsp3) is 0.100. The molecule has 0 bridgehead atoms. The average Bonchev–Trinajstić information content (AvgIpc) is 2.91. The van der Waals surface area contributed by atoms with Crippen molar-refractivity contribution < 1.29 is 49.8 Å². The van der Waals surface area contributed by atoms with Gasteiger partial charge in [-0.1, -0.05) is 12.1 Å². The lowest BCUT2D eigenvalue weighted by Gasteiger charge is -2.22. The number of para-hydroxylation sites is 1. The Kier molecular flexibility index (Phi) is 7.11. The minimum absolute atomic E-state index is 0.113. The van der Waals surface area contributed by atoms with E-state index in [1.807, 2.05) is 0 Å². The zero-order valence-electron chi connectivity index (χ0n) is 21.5. The van der Waals surface area contributed by atoms with Crippen molar-refractivity contribution in [2.24, 2.45) is 0 Å². The predicted octanol–water partition coefficient (Wildman–Crippen LogP) is 4.24. The van der Waals surface area contributed by atoms with Gasteiger partial charge in [-0.3, -0.25) is 14.4 Å². The number of carbonyl (C=O) groups excluding carboxylic acids is 3. The molecule has 5 rings (SSSR count). The van der Waals surface area contributed by atoms with Crippen LogP contribution in [0, 0.1) is 13.8 Å². The maximum Gasteiger partial charge on any atom is 0.202 e. The topological polar surface area (TPSA) is 182 Å². The highest BCUT2D eigenvalue weighted by molar-refractivity contribution is 6.32. The third-order valence-electron chi connectivity index (χ3n) is 6.45. The second-order valence-corrected chi connectivity index (χ2v) is 9.01. The van der Waals surface area contributed by atoms with E-state index in [-0.39, 0.29) is 56.0 Å². The summed E-state index contributed by atoms with van der Waals surface area (Å²) in [6.45, 7) is 2.93. The number of ether oxygens (including phenoxy) is 1. The number of phenols is 6. The maximum absolute atomic E-state index is 12.6. The lowest BCUT2D eigenvalue weighted by atomic mass is 9.80. The first-order valence-electron chi connectivity index (χ1n) is 11.8. The van der Waals surface area contributed by atoms with Crippen molar-refractivity contribution in [1.29, 1.82) is 0 Å². The van der Waals surface area contributed by atoms with Gasteiger partial charge >= 0.3 is 0 Å². The number of rotatable bonds is 3. The van der Waals surface area contributed by atoms with Crippen molar-refractivity contribution in [3.63, 3.8) is 0 Å². The molecule has 0 aliphatic heterocycles. The summed E-state index contributed by atoms with van der Waals surface area (Å²) in [5.41, 5.74) is -0.771. The Morgan fingerprint density at radius 1 is 0.600 bits per heavy atom. The van der Waals surface area contributed by atoms with Gasteiger partial charge in [-0.05, 0) is 61.4 Å². The molecule has 0 amide bonds. The number of hydrogen-bond donors (Lipinski definition) is 6. The largest absolute Gasteiger partial charge is 0.507 e. The Balaban J connectivity index is 0.000000189. The van der Waals surface area contributed by atoms with Crippen LogP contribution in [0.3, 0.4) is 0 Å². The Bertz CT molecular complexity index is 1650. The summed E-state index contributed by atoms with van der Waals surface area (Å²) in [6.07, 6.45) is 0. The first kappa shape index (κ1) is 27.5. The number of benzene rings is 4. The van der Waals surface area contributed by atoms with Crippen LogP contribution in [-0.4, -0.2) is 55.1 Å². The fourth-order valence-corrected chi connectivity index (χ4v) is 4.37. The molecule has 0 unspecified atom stereocenters. The van der Waals surface area contributed by atoms with Crippen LogP contribution in [0.1, 0.15) is 58.9 Å². The van der Waals surface area contributed by atoms with Crippen LogP contribution in [0.2, 0.25) is 0 Å². The summed E-state index contributed by atoms with van der Waals surface area (Å²) in [5.74, 6) is -3.71. The molecule has 4 aromatic carbocycles. The molecule has 40 heavy (non-hydrogen) atoms. The van der Waals surface area contributed by atoms with E-state index in [4.69, 9.17) is 4.74 Å². The summed E-state index contributed by atoms with van der Waals surface area (Å²) in [7, 11) is 1.47. The van der Waals surface area contributed by atoms with E-state index in [9.17, 15) is 45.0 Å². The smallest absolute Gasteiger partial charge is 0.202 e. The standard InChI is InChI=1S/C16H12O6.C14H12O4/c1-5-3-7(17)9-11(13(5)19)15(21)10-8(18)4-6(2)14(20)12(10)16(9)22;1-18-9-6-7-11(13(16)8-9)14(17)10-4-2-3-5-12(10)15/h3-4,17-20H,1-2H3;2-8,15-16H,1H3. The van der Waals surface area contributed by atoms with E-state index < -0.39 is 40.3 Å². The molecular formula is C30H24O10. The number of fused-ring (bicyclic) bond motifs is 2. The summed E-state index contributed by atoms with van der Waals surface area (Å²) in [4.78, 5) is 37.3. The molecule has 10 heteroatoms. The Morgan fingerprint density at radius 2 is 1.07 bits per heavy atom. The molecule has 0 heterocycles. The van der Waals surface area contributed by atoms with Crippen LogP contribution in [-0.2, 0) is 0 Å². The first-order valence-corrected chi connectivity index (χ1v) is 11.8. The zero-order valence-corrected chi connectivity index (χ0v) is 21.5. The van der Waals surface area contributed by atoms with Crippen molar-refractivity contribution in [3.05, 3.63) is 99.1 Å². The Morgan fingerprint density at radius 3 is 1.52 bits per heavy atom. The molecule has 0 spiro atoms. The number of aromatic hydroxyl groups is 6. The molecule has 10 nitrogen and oxygen atoms in total. The fourth-order valence-electron chi connectivity index (χ4n) is 4.37. The van der Waals surface area contributed by atoms with E-state index in [1.54, 1.807) is 18.2 Å². The molecule has 0 saturated heterocycles. The number of hydrogen-bond acceptors (Lipinski definition) is 10. The first-order chi connectivity index (χ1) is 18.9. The molecule has 0 atom stereocenters. The van der Waals surface area contributed by atoms with E-state index in [1.165, 1.54) is 45.2 Å². The third kappa shape index (κ3) is 4.51. The maximum atomic E-state index is 12.6. The van der Waals surface area contributed by atoms with Gasteiger partial charge in [-0.25, -0.2) is 0 Å². The zero-order chi connectivity index (χ0) is 29.5. The second kappa shape index (κ2) is 10.3. The van der Waals surface area contributed by atoms with Crippen LogP contribution in [0.5, 0.6) is 40.2 Å². The summed E-state index contributed by atoms with van der Waals surface area (Å²) in [5, 5.41) is 59.5. The molecule has 204 valence electrons. The quantitative estimate of drug-likeness (QED) is 0.142. The number of carbonyl (C=O) groups is 3. The number of ketones is 3. The van der Waals surface area contributed by atoms with Crippen LogP contribution in [0.15, 0.2) is 54.6 Å². The normalized spacial score (nSPS) is 11.7. The van der Waals surface area contributed by atoms with Gasteiger partial charge in [-0.2, -0.15) is 0 Å². The number of methoxy groups -OCH3 is 1. The Labute approximate surface area is 227 Å².